The van der Waals surface area contributed by atoms with E-state index in [2.05, 4.69) is 10.3 Å². The van der Waals surface area contributed by atoms with Gasteiger partial charge in [0.15, 0.2) is 9.84 Å². The molecule has 0 bridgehead atoms. The van der Waals surface area contributed by atoms with Crippen LogP contribution >= 0.6 is 0 Å². The third-order valence-corrected chi connectivity index (χ3v) is 3.60. The van der Waals surface area contributed by atoms with Crippen molar-refractivity contribution in [2.45, 2.75) is 4.90 Å². The molecular weight excluding hydrogens is 262 g/mol. The predicted molar refractivity (Wildman–Crippen MR) is 71.8 cm³/mol. The van der Waals surface area contributed by atoms with Crippen LogP contribution in [0.4, 0.5) is 11.5 Å². The lowest BCUT2D eigenvalue weighted by molar-refractivity contribution is 0.602. The van der Waals surface area contributed by atoms with E-state index in [0.29, 0.717) is 17.1 Å². The van der Waals surface area contributed by atoms with E-state index in [1.54, 1.807) is 30.5 Å². The van der Waals surface area contributed by atoms with Gasteiger partial charge in [-0.15, -0.1) is 0 Å². The zero-order chi connectivity index (χ0) is 13.9. The third kappa shape index (κ3) is 3.09. The Bertz CT molecular complexity index is 731. The molecular formula is C13H11N3O2S. The predicted octanol–water partition coefficient (Wildman–Crippen LogP) is 2.10. The molecule has 1 aromatic carbocycles. The molecule has 0 amide bonds. The van der Waals surface area contributed by atoms with Crippen LogP contribution in [-0.2, 0) is 9.84 Å². The molecule has 5 nitrogen and oxygen atoms in total. The van der Waals surface area contributed by atoms with Gasteiger partial charge in [0.1, 0.15) is 11.9 Å². The van der Waals surface area contributed by atoms with Crippen LogP contribution in [0.1, 0.15) is 5.56 Å². The molecule has 0 aliphatic carbocycles. The maximum atomic E-state index is 11.3. The van der Waals surface area contributed by atoms with E-state index in [0.717, 1.165) is 6.26 Å². The number of nitrogens with zero attached hydrogens (tertiary/aromatic N) is 2. The molecule has 0 saturated carbocycles. The second kappa shape index (κ2) is 5.08. The quantitative estimate of drug-likeness (QED) is 0.926. The van der Waals surface area contributed by atoms with Crippen LogP contribution in [0.5, 0.6) is 0 Å². The number of nitrogens with one attached hydrogen (secondary N) is 1. The van der Waals surface area contributed by atoms with E-state index in [1.807, 2.05) is 6.07 Å². The number of sulfone groups is 1. The summed E-state index contributed by atoms with van der Waals surface area (Å²) in [6.07, 6.45) is 2.73. The number of hydrogen-bond acceptors (Lipinski definition) is 5. The summed E-state index contributed by atoms with van der Waals surface area (Å²) < 4.78 is 22.7. The first-order valence-corrected chi connectivity index (χ1v) is 7.32. The average Bonchev–Trinajstić information content (AvgIpc) is 2.39. The summed E-state index contributed by atoms with van der Waals surface area (Å²) in [6, 6.07) is 11.6. The summed E-state index contributed by atoms with van der Waals surface area (Å²) >= 11 is 0. The van der Waals surface area contributed by atoms with Crippen molar-refractivity contribution in [2.24, 2.45) is 0 Å². The molecule has 19 heavy (non-hydrogen) atoms. The summed E-state index contributed by atoms with van der Waals surface area (Å²) in [5.41, 5.74) is 1.09. The van der Waals surface area contributed by atoms with Crippen molar-refractivity contribution >= 4 is 21.3 Å². The van der Waals surface area contributed by atoms with E-state index in [4.69, 9.17) is 5.26 Å². The maximum absolute atomic E-state index is 11.3. The van der Waals surface area contributed by atoms with Gasteiger partial charge in [-0.25, -0.2) is 13.4 Å². The van der Waals surface area contributed by atoms with Crippen molar-refractivity contribution in [3.63, 3.8) is 0 Å². The van der Waals surface area contributed by atoms with Crippen molar-refractivity contribution < 1.29 is 8.42 Å². The molecule has 1 heterocycles. The molecule has 96 valence electrons. The Morgan fingerprint density at radius 2 is 1.89 bits per heavy atom. The number of pyridine rings is 1. The topological polar surface area (TPSA) is 82.8 Å². The Balaban J connectivity index is 2.28. The number of nitriles is 1. The fourth-order valence-corrected chi connectivity index (χ4v) is 2.15. The normalized spacial score (nSPS) is 10.7. The lowest BCUT2D eigenvalue weighted by atomic mass is 10.2. The number of hydrogen-bond donors (Lipinski definition) is 1. The van der Waals surface area contributed by atoms with Gasteiger partial charge in [0.2, 0.25) is 0 Å². The van der Waals surface area contributed by atoms with E-state index in [-0.39, 0.29) is 4.90 Å². The summed E-state index contributed by atoms with van der Waals surface area (Å²) in [5, 5.41) is 11.9. The number of anilines is 2. The van der Waals surface area contributed by atoms with E-state index in [9.17, 15) is 8.42 Å². The molecule has 1 aromatic heterocycles. The standard InChI is InChI=1S/C13H11N3O2S/c1-19(17,18)12-6-4-11(5-7-12)16-13-10(9-14)3-2-8-15-13/h2-8H,1H3,(H,15,16). The van der Waals surface area contributed by atoms with Crippen molar-refractivity contribution in [3.8, 4) is 6.07 Å². The van der Waals surface area contributed by atoms with E-state index in [1.165, 1.54) is 12.1 Å². The van der Waals surface area contributed by atoms with Gasteiger partial charge >= 0.3 is 0 Å². The Morgan fingerprint density at radius 1 is 1.21 bits per heavy atom. The lowest BCUT2D eigenvalue weighted by Crippen LogP contribution is -1.99. The summed E-state index contributed by atoms with van der Waals surface area (Å²) in [6.45, 7) is 0. The SMILES string of the molecule is CS(=O)(=O)c1ccc(Nc2ncccc2C#N)cc1. The minimum absolute atomic E-state index is 0.250. The van der Waals surface area contributed by atoms with Gasteiger partial charge in [-0.3, -0.25) is 0 Å². The second-order valence-corrected chi connectivity index (χ2v) is 5.95. The Labute approximate surface area is 111 Å². The van der Waals surface area contributed by atoms with Crippen molar-refractivity contribution in [2.75, 3.05) is 11.6 Å². The van der Waals surface area contributed by atoms with Crippen molar-refractivity contribution in [3.05, 3.63) is 48.2 Å². The molecule has 0 aliphatic rings. The first-order valence-electron chi connectivity index (χ1n) is 5.43. The average molecular weight is 273 g/mol. The van der Waals surface area contributed by atoms with Gasteiger partial charge in [0.25, 0.3) is 0 Å². The number of benzene rings is 1. The summed E-state index contributed by atoms with van der Waals surface area (Å²) in [5.74, 6) is 0.442. The van der Waals surface area contributed by atoms with Crippen molar-refractivity contribution in [1.82, 2.24) is 4.98 Å². The van der Waals surface area contributed by atoms with Crippen LogP contribution in [-0.4, -0.2) is 19.7 Å². The highest BCUT2D eigenvalue weighted by Crippen LogP contribution is 2.19. The maximum Gasteiger partial charge on any atom is 0.175 e. The highest BCUT2D eigenvalue weighted by molar-refractivity contribution is 7.90. The molecule has 0 aliphatic heterocycles. The van der Waals surface area contributed by atoms with Gasteiger partial charge < -0.3 is 5.32 Å². The van der Waals surface area contributed by atoms with Crippen LogP contribution in [0.3, 0.4) is 0 Å². The largest absolute Gasteiger partial charge is 0.339 e. The highest BCUT2D eigenvalue weighted by Gasteiger charge is 2.07. The minimum atomic E-state index is -3.20. The fraction of sp³-hybridized carbons (Fsp3) is 0.0769. The zero-order valence-corrected chi connectivity index (χ0v) is 11.0. The first-order chi connectivity index (χ1) is 9.00. The molecule has 1 N–H and O–H groups in total. The molecule has 0 spiro atoms. The highest BCUT2D eigenvalue weighted by atomic mass is 32.2. The van der Waals surface area contributed by atoms with Crippen LogP contribution in [0.2, 0.25) is 0 Å². The van der Waals surface area contributed by atoms with Gasteiger partial charge in [-0.1, -0.05) is 0 Å². The molecule has 0 saturated heterocycles. The fourth-order valence-electron chi connectivity index (χ4n) is 1.52. The molecule has 6 heteroatoms. The number of aromatic nitrogens is 1. The van der Waals surface area contributed by atoms with Crippen molar-refractivity contribution in [1.29, 1.82) is 5.26 Å². The third-order valence-electron chi connectivity index (χ3n) is 2.47. The first kappa shape index (κ1) is 13.1. The Kier molecular flexibility index (Phi) is 3.49. The molecule has 0 unspecified atom stereocenters. The van der Waals surface area contributed by atoms with Gasteiger partial charge in [0.05, 0.1) is 10.5 Å². The van der Waals surface area contributed by atoms with Gasteiger partial charge in [-0.05, 0) is 36.4 Å². The smallest absolute Gasteiger partial charge is 0.175 e. The van der Waals surface area contributed by atoms with Crippen LogP contribution in [0.25, 0.3) is 0 Å². The minimum Gasteiger partial charge on any atom is -0.339 e. The molecule has 0 fully saturated rings. The Morgan fingerprint density at radius 3 is 2.47 bits per heavy atom. The van der Waals surface area contributed by atoms with E-state index >= 15 is 0 Å². The molecule has 0 radical (unpaired) electrons. The second-order valence-electron chi connectivity index (χ2n) is 3.93. The molecule has 2 aromatic rings. The summed E-state index contributed by atoms with van der Waals surface area (Å²) in [4.78, 5) is 4.31. The lowest BCUT2D eigenvalue weighted by Gasteiger charge is -2.07. The van der Waals surface area contributed by atoms with Gasteiger partial charge in [0, 0.05) is 18.1 Å². The zero-order valence-electron chi connectivity index (χ0n) is 10.2. The van der Waals surface area contributed by atoms with Crippen LogP contribution in [0.15, 0.2) is 47.5 Å². The molecule has 2 rings (SSSR count). The number of rotatable bonds is 3. The molecule has 0 atom stereocenters. The summed E-state index contributed by atoms with van der Waals surface area (Å²) in [7, 11) is -3.20. The monoisotopic (exact) mass is 273 g/mol. The van der Waals surface area contributed by atoms with Crippen LogP contribution < -0.4 is 5.32 Å². The van der Waals surface area contributed by atoms with Crippen LogP contribution in [0, 0.1) is 11.3 Å². The van der Waals surface area contributed by atoms with Gasteiger partial charge in [-0.2, -0.15) is 5.26 Å². The van der Waals surface area contributed by atoms with E-state index < -0.39 is 9.84 Å². The Hall–Kier alpha value is -2.39.